The molecular formula is C24H22ClN3O5S. The maximum absolute atomic E-state index is 13.2. The van der Waals surface area contributed by atoms with Crippen LogP contribution >= 0.6 is 11.6 Å². The second-order valence-electron chi connectivity index (χ2n) is 7.33. The highest BCUT2D eigenvalue weighted by Crippen LogP contribution is 2.32. The molecule has 2 aromatic heterocycles. The number of pyridine rings is 2. The number of nitrogens with one attached hydrogen (secondary N) is 1. The molecule has 0 spiro atoms. The number of anilines is 1. The Morgan fingerprint density at radius 3 is 2.53 bits per heavy atom. The van der Waals surface area contributed by atoms with E-state index in [1.54, 1.807) is 69.8 Å². The molecule has 10 heteroatoms. The number of hydrogen-bond acceptors (Lipinski definition) is 7. The Hall–Kier alpha value is -3.56. The molecular weight excluding hydrogens is 478 g/mol. The fourth-order valence-corrected chi connectivity index (χ4v) is 4.91. The second-order valence-corrected chi connectivity index (χ2v) is 9.39. The van der Waals surface area contributed by atoms with E-state index in [0.717, 1.165) is 5.56 Å². The smallest absolute Gasteiger partial charge is 0.262 e. The number of halogens is 1. The average molecular weight is 500 g/mol. The van der Waals surface area contributed by atoms with Gasteiger partial charge in [0, 0.05) is 11.2 Å². The van der Waals surface area contributed by atoms with Crippen molar-refractivity contribution in [2.45, 2.75) is 18.4 Å². The Bertz CT molecular complexity index is 1460. The third-order valence-corrected chi connectivity index (χ3v) is 7.04. The number of fused-ring (bicyclic) bond motifs is 1. The van der Waals surface area contributed by atoms with Crippen LogP contribution in [0.4, 0.5) is 5.69 Å². The molecule has 0 aliphatic rings. The van der Waals surface area contributed by atoms with Crippen LogP contribution in [0.25, 0.3) is 11.0 Å². The van der Waals surface area contributed by atoms with Crippen LogP contribution in [0.1, 0.15) is 11.1 Å². The summed E-state index contributed by atoms with van der Waals surface area (Å²) < 4.78 is 45.5. The standard InChI is InChI=1S/C24H22ClN3O5S/c1-15-17(25)6-4-8-23(15)34(29,30)28-20-13-19-18(7-5-11-26-19)27-24(20)33-14-16-9-10-21(31-2)22(12-16)32-3/h4-13,28H,14H2,1-3H3. The molecule has 0 aliphatic heterocycles. The summed E-state index contributed by atoms with van der Waals surface area (Å²) in [6.45, 7) is 1.76. The van der Waals surface area contributed by atoms with E-state index < -0.39 is 10.0 Å². The molecule has 0 atom stereocenters. The maximum Gasteiger partial charge on any atom is 0.262 e. The molecule has 2 heterocycles. The van der Waals surface area contributed by atoms with Gasteiger partial charge in [-0.25, -0.2) is 13.4 Å². The van der Waals surface area contributed by atoms with E-state index in [-0.39, 0.29) is 23.1 Å². The van der Waals surface area contributed by atoms with Crippen molar-refractivity contribution in [3.05, 3.63) is 76.9 Å². The first kappa shape index (κ1) is 23.6. The zero-order chi connectivity index (χ0) is 24.3. The molecule has 1 N–H and O–H groups in total. The Labute approximate surface area is 202 Å². The number of ether oxygens (including phenoxy) is 3. The number of rotatable bonds is 8. The highest BCUT2D eigenvalue weighted by atomic mass is 35.5. The summed E-state index contributed by atoms with van der Waals surface area (Å²) >= 11 is 6.14. The summed E-state index contributed by atoms with van der Waals surface area (Å²) in [5.41, 5.74) is 2.46. The van der Waals surface area contributed by atoms with Gasteiger partial charge in [-0.2, -0.15) is 0 Å². The Morgan fingerprint density at radius 1 is 0.971 bits per heavy atom. The first-order chi connectivity index (χ1) is 16.3. The molecule has 0 radical (unpaired) electrons. The van der Waals surface area contributed by atoms with Gasteiger partial charge in [0.15, 0.2) is 11.5 Å². The molecule has 176 valence electrons. The lowest BCUT2D eigenvalue weighted by Crippen LogP contribution is -2.16. The highest BCUT2D eigenvalue weighted by Gasteiger charge is 2.21. The SMILES string of the molecule is COc1ccc(COc2nc3cccnc3cc2NS(=O)(=O)c2cccc(Cl)c2C)cc1OC. The lowest BCUT2D eigenvalue weighted by molar-refractivity contribution is 0.295. The van der Waals surface area contributed by atoms with Gasteiger partial charge < -0.3 is 14.2 Å². The van der Waals surface area contributed by atoms with Crippen LogP contribution in [-0.2, 0) is 16.6 Å². The van der Waals surface area contributed by atoms with Crippen molar-refractivity contribution in [2.24, 2.45) is 0 Å². The molecule has 34 heavy (non-hydrogen) atoms. The van der Waals surface area contributed by atoms with Gasteiger partial charge in [0.2, 0.25) is 5.88 Å². The van der Waals surface area contributed by atoms with Gasteiger partial charge >= 0.3 is 0 Å². The zero-order valence-electron chi connectivity index (χ0n) is 18.7. The number of nitrogens with zero attached hydrogens (tertiary/aromatic N) is 2. The van der Waals surface area contributed by atoms with Crippen molar-refractivity contribution in [1.82, 2.24) is 9.97 Å². The molecule has 0 saturated heterocycles. The van der Waals surface area contributed by atoms with Crippen LogP contribution in [0.3, 0.4) is 0 Å². The van der Waals surface area contributed by atoms with Crippen molar-refractivity contribution in [3.8, 4) is 17.4 Å². The van der Waals surface area contributed by atoms with Gasteiger partial charge in [-0.3, -0.25) is 9.71 Å². The minimum atomic E-state index is -3.98. The van der Waals surface area contributed by atoms with E-state index >= 15 is 0 Å². The number of hydrogen-bond donors (Lipinski definition) is 1. The predicted octanol–water partition coefficient (Wildman–Crippen LogP) is 4.99. The van der Waals surface area contributed by atoms with Crippen LogP contribution in [0.15, 0.2) is 65.7 Å². The molecule has 0 bridgehead atoms. The topological polar surface area (TPSA) is 99.6 Å². The van der Waals surface area contributed by atoms with Crippen LogP contribution in [0.5, 0.6) is 17.4 Å². The van der Waals surface area contributed by atoms with E-state index in [0.29, 0.717) is 33.1 Å². The molecule has 8 nitrogen and oxygen atoms in total. The first-order valence-corrected chi connectivity index (χ1v) is 12.1. The molecule has 0 amide bonds. The molecule has 2 aromatic carbocycles. The summed E-state index contributed by atoms with van der Waals surface area (Å²) in [7, 11) is -0.876. The van der Waals surface area contributed by atoms with Crippen LogP contribution in [-0.4, -0.2) is 32.6 Å². The highest BCUT2D eigenvalue weighted by molar-refractivity contribution is 7.92. The summed E-state index contributed by atoms with van der Waals surface area (Å²) in [6, 6.07) is 15.2. The summed E-state index contributed by atoms with van der Waals surface area (Å²) in [4.78, 5) is 8.83. The summed E-state index contributed by atoms with van der Waals surface area (Å²) in [5, 5.41) is 0.353. The monoisotopic (exact) mass is 499 g/mol. The number of aromatic nitrogens is 2. The van der Waals surface area contributed by atoms with E-state index in [4.69, 9.17) is 25.8 Å². The van der Waals surface area contributed by atoms with Crippen molar-refractivity contribution < 1.29 is 22.6 Å². The minimum absolute atomic E-state index is 0.0620. The molecule has 0 fully saturated rings. The molecule has 4 aromatic rings. The van der Waals surface area contributed by atoms with Crippen LogP contribution in [0.2, 0.25) is 5.02 Å². The van der Waals surface area contributed by atoms with Gasteiger partial charge in [0.05, 0.1) is 30.1 Å². The van der Waals surface area contributed by atoms with E-state index in [2.05, 4.69) is 14.7 Å². The normalized spacial score (nSPS) is 11.3. The van der Waals surface area contributed by atoms with E-state index in [1.807, 2.05) is 6.07 Å². The van der Waals surface area contributed by atoms with Gasteiger partial charge in [-0.05, 0) is 60.5 Å². The second kappa shape index (κ2) is 9.74. The Balaban J connectivity index is 1.70. The first-order valence-electron chi connectivity index (χ1n) is 10.2. The molecule has 0 unspecified atom stereocenters. The Kier molecular flexibility index (Phi) is 6.76. The van der Waals surface area contributed by atoms with Crippen molar-refractivity contribution in [1.29, 1.82) is 0 Å². The lowest BCUT2D eigenvalue weighted by atomic mass is 10.2. The third-order valence-electron chi connectivity index (χ3n) is 5.13. The largest absolute Gasteiger partial charge is 0.493 e. The van der Waals surface area contributed by atoms with Gasteiger partial charge in [-0.15, -0.1) is 0 Å². The van der Waals surface area contributed by atoms with Gasteiger partial charge in [-0.1, -0.05) is 23.7 Å². The number of sulfonamides is 1. The predicted molar refractivity (Wildman–Crippen MR) is 130 cm³/mol. The summed E-state index contributed by atoms with van der Waals surface area (Å²) in [6.07, 6.45) is 1.60. The average Bonchev–Trinajstić information content (AvgIpc) is 2.83. The van der Waals surface area contributed by atoms with Gasteiger partial charge in [0.1, 0.15) is 12.3 Å². The fourth-order valence-electron chi connectivity index (χ4n) is 3.37. The van der Waals surface area contributed by atoms with E-state index in [1.165, 1.54) is 6.07 Å². The molecule has 4 rings (SSSR count). The van der Waals surface area contributed by atoms with Crippen molar-refractivity contribution >= 4 is 38.3 Å². The number of benzene rings is 2. The third kappa shape index (κ3) is 4.85. The lowest BCUT2D eigenvalue weighted by Gasteiger charge is -2.15. The summed E-state index contributed by atoms with van der Waals surface area (Å²) in [5.74, 6) is 1.25. The molecule has 0 aliphatic carbocycles. The fraction of sp³-hybridized carbons (Fsp3) is 0.167. The van der Waals surface area contributed by atoms with E-state index in [9.17, 15) is 8.42 Å². The Morgan fingerprint density at radius 2 is 1.76 bits per heavy atom. The molecule has 0 saturated carbocycles. The van der Waals surface area contributed by atoms with Crippen LogP contribution in [0, 0.1) is 6.92 Å². The van der Waals surface area contributed by atoms with Crippen LogP contribution < -0.4 is 18.9 Å². The number of methoxy groups -OCH3 is 2. The zero-order valence-corrected chi connectivity index (χ0v) is 20.3. The van der Waals surface area contributed by atoms with Gasteiger partial charge in [0.25, 0.3) is 10.0 Å². The quantitative estimate of drug-likeness (QED) is 0.364. The van der Waals surface area contributed by atoms with Crippen molar-refractivity contribution in [3.63, 3.8) is 0 Å². The maximum atomic E-state index is 13.2. The minimum Gasteiger partial charge on any atom is -0.493 e. The van der Waals surface area contributed by atoms with Crippen molar-refractivity contribution in [2.75, 3.05) is 18.9 Å².